The van der Waals surface area contributed by atoms with Crippen LogP contribution in [0.2, 0.25) is 0 Å². The topological polar surface area (TPSA) is 112 Å². The Morgan fingerprint density at radius 2 is 1.50 bits per heavy atom. The second-order valence-electron chi connectivity index (χ2n) is 2.09. The molecule has 0 aromatic heterocycles. The molecule has 7 heteroatoms. The fraction of sp³-hybridized carbons (Fsp3) is 0. The van der Waals surface area contributed by atoms with E-state index in [0.717, 1.165) is 0 Å². The van der Waals surface area contributed by atoms with Crippen molar-refractivity contribution in [2.75, 3.05) is 0 Å². The van der Waals surface area contributed by atoms with E-state index in [1.807, 2.05) is 0 Å². The molecule has 0 fully saturated rings. The van der Waals surface area contributed by atoms with E-state index in [1.165, 1.54) is 24.3 Å². The Hall–Kier alpha value is -1.60. The van der Waals surface area contributed by atoms with Crippen LogP contribution in [-0.4, -0.2) is 29.2 Å². The van der Waals surface area contributed by atoms with E-state index in [1.54, 1.807) is 0 Å². The summed E-state index contributed by atoms with van der Waals surface area (Å²) in [5.74, 6) is -0.912. The summed E-state index contributed by atoms with van der Waals surface area (Å²) in [4.78, 5) is 10.2. The number of hydrogen-bond acceptors (Lipinski definition) is 4. The minimum atomic E-state index is -3.12. The average molecular weight is 220 g/mol. The first-order valence-corrected chi connectivity index (χ1v) is 4.42. The molecule has 78 valence electrons. The van der Waals surface area contributed by atoms with Crippen LogP contribution < -0.4 is 0 Å². The number of thiol groups is 1. The number of carbonyl (C=O) groups is 1. The van der Waals surface area contributed by atoms with Crippen LogP contribution in [0.3, 0.4) is 0 Å². The number of aromatic carboxylic acids is 1. The van der Waals surface area contributed by atoms with Gasteiger partial charge in [-0.25, -0.2) is 13.2 Å². The molecule has 0 radical (unpaired) electrons. The zero-order valence-corrected chi connectivity index (χ0v) is 7.72. The van der Waals surface area contributed by atoms with Gasteiger partial charge in [-0.1, -0.05) is 0 Å². The molecule has 0 bridgehead atoms. The van der Waals surface area contributed by atoms with Gasteiger partial charge in [0.1, 0.15) is 5.75 Å². The first-order chi connectivity index (χ1) is 6.43. The monoisotopic (exact) mass is 220 g/mol. The normalized spacial score (nSPS) is 9.00. The molecule has 0 aliphatic heterocycles. The lowest BCUT2D eigenvalue weighted by molar-refractivity contribution is 0.0697. The second-order valence-corrected chi connectivity index (χ2v) is 2.57. The minimum absolute atomic E-state index is 0.0741. The number of hydrogen-bond donors (Lipinski definition) is 4. The molecule has 0 saturated carbocycles. The molecule has 0 heterocycles. The van der Waals surface area contributed by atoms with Crippen LogP contribution in [0.4, 0.5) is 0 Å². The SMILES string of the molecule is O=C(O)c1ccc(O)cc1.O=[SH](=O)O. The van der Waals surface area contributed by atoms with Crippen molar-refractivity contribution in [1.82, 2.24) is 0 Å². The third kappa shape index (κ3) is 5.98. The molecule has 0 spiro atoms. The molecule has 1 rings (SSSR count). The van der Waals surface area contributed by atoms with E-state index >= 15 is 0 Å². The van der Waals surface area contributed by atoms with Gasteiger partial charge in [-0.15, -0.1) is 0 Å². The fourth-order valence-corrected chi connectivity index (χ4v) is 0.604. The zero-order chi connectivity index (χ0) is 11.1. The van der Waals surface area contributed by atoms with Crippen LogP contribution in [0.15, 0.2) is 24.3 Å². The summed E-state index contributed by atoms with van der Waals surface area (Å²) in [5, 5.41) is 17.1. The standard InChI is InChI=1S/C7H6O3.H2O3S/c8-6-3-1-5(2-4-6)7(9)10;1-4(2)3/h1-4,8H,(H,9,10);4H,(H,1,2,3). The lowest BCUT2D eigenvalue weighted by atomic mass is 10.2. The van der Waals surface area contributed by atoms with Gasteiger partial charge in [0.2, 0.25) is 0 Å². The molecule has 0 aliphatic rings. The number of benzene rings is 1. The first-order valence-electron chi connectivity index (χ1n) is 3.29. The maximum atomic E-state index is 10.2. The van der Waals surface area contributed by atoms with E-state index in [2.05, 4.69) is 0 Å². The molecule has 0 atom stereocenters. The van der Waals surface area contributed by atoms with Crippen LogP contribution >= 0.6 is 0 Å². The predicted octanol–water partition coefficient (Wildman–Crippen LogP) is 0.161. The first kappa shape index (κ1) is 12.4. The molecule has 6 nitrogen and oxygen atoms in total. The Bertz CT molecular complexity index is 358. The highest BCUT2D eigenvalue weighted by molar-refractivity contribution is 7.66. The van der Waals surface area contributed by atoms with Crippen molar-refractivity contribution < 1.29 is 28.0 Å². The number of rotatable bonds is 1. The summed E-state index contributed by atoms with van der Waals surface area (Å²) in [6, 6.07) is 5.36. The summed E-state index contributed by atoms with van der Waals surface area (Å²) >= 11 is 0. The third-order valence-corrected chi connectivity index (χ3v) is 1.11. The van der Waals surface area contributed by atoms with Crippen molar-refractivity contribution in [2.24, 2.45) is 0 Å². The summed E-state index contributed by atoms with van der Waals surface area (Å²) < 4.78 is 24.2. The maximum absolute atomic E-state index is 10.2. The minimum Gasteiger partial charge on any atom is -0.508 e. The van der Waals surface area contributed by atoms with Gasteiger partial charge in [0, 0.05) is 0 Å². The van der Waals surface area contributed by atoms with Gasteiger partial charge in [-0.05, 0) is 24.3 Å². The smallest absolute Gasteiger partial charge is 0.335 e. The largest absolute Gasteiger partial charge is 0.508 e. The lowest BCUT2D eigenvalue weighted by Gasteiger charge is -1.92. The van der Waals surface area contributed by atoms with Crippen LogP contribution in [0.25, 0.3) is 0 Å². The quantitative estimate of drug-likeness (QED) is 0.396. The van der Waals surface area contributed by atoms with Crippen molar-refractivity contribution in [1.29, 1.82) is 0 Å². The Kier molecular flexibility index (Phi) is 5.27. The average Bonchev–Trinajstić information content (AvgIpc) is 2.03. The van der Waals surface area contributed by atoms with Gasteiger partial charge in [-0.2, -0.15) is 0 Å². The Morgan fingerprint density at radius 3 is 1.79 bits per heavy atom. The van der Waals surface area contributed by atoms with Gasteiger partial charge in [0.05, 0.1) is 5.56 Å². The van der Waals surface area contributed by atoms with Gasteiger partial charge in [-0.3, -0.25) is 4.55 Å². The van der Waals surface area contributed by atoms with Crippen molar-refractivity contribution in [3.63, 3.8) is 0 Å². The van der Waals surface area contributed by atoms with Crippen LogP contribution in [0.5, 0.6) is 5.75 Å². The van der Waals surface area contributed by atoms with E-state index in [-0.39, 0.29) is 11.3 Å². The summed E-state index contributed by atoms with van der Waals surface area (Å²) in [7, 11) is -3.12. The highest BCUT2D eigenvalue weighted by atomic mass is 32.2. The Labute approximate surface area is 81.2 Å². The molecule has 3 N–H and O–H groups in total. The third-order valence-electron chi connectivity index (χ3n) is 1.11. The van der Waals surface area contributed by atoms with E-state index in [4.69, 9.17) is 23.2 Å². The Morgan fingerprint density at radius 1 is 1.14 bits per heavy atom. The molecular formula is C7H8O6S. The van der Waals surface area contributed by atoms with Crippen molar-refractivity contribution in [3.8, 4) is 5.75 Å². The highest BCUT2D eigenvalue weighted by Gasteiger charge is 1.99. The van der Waals surface area contributed by atoms with Gasteiger partial charge in [0.25, 0.3) is 11.0 Å². The van der Waals surface area contributed by atoms with Gasteiger partial charge in [0.15, 0.2) is 0 Å². The van der Waals surface area contributed by atoms with Crippen molar-refractivity contribution in [3.05, 3.63) is 29.8 Å². The molecular weight excluding hydrogens is 212 g/mol. The second kappa shape index (κ2) is 5.95. The highest BCUT2D eigenvalue weighted by Crippen LogP contribution is 2.08. The van der Waals surface area contributed by atoms with Crippen LogP contribution in [-0.2, 0) is 11.0 Å². The molecule has 0 aliphatic carbocycles. The zero-order valence-electron chi connectivity index (χ0n) is 6.82. The van der Waals surface area contributed by atoms with Crippen LogP contribution in [0, 0.1) is 0 Å². The summed E-state index contributed by atoms with van der Waals surface area (Å²) in [6.45, 7) is 0. The number of aromatic hydroxyl groups is 1. The number of phenols is 1. The molecule has 0 unspecified atom stereocenters. The fourth-order valence-electron chi connectivity index (χ4n) is 0.604. The van der Waals surface area contributed by atoms with E-state index < -0.39 is 17.0 Å². The predicted molar refractivity (Wildman–Crippen MR) is 48.0 cm³/mol. The summed E-state index contributed by atoms with van der Waals surface area (Å²) in [5.41, 5.74) is 0.179. The number of carboxylic acids is 1. The Balaban J connectivity index is 0.000000364. The molecule has 0 amide bonds. The van der Waals surface area contributed by atoms with Crippen molar-refractivity contribution >= 4 is 17.0 Å². The molecule has 1 aromatic carbocycles. The van der Waals surface area contributed by atoms with E-state index in [0.29, 0.717) is 0 Å². The number of phenolic OH excluding ortho intramolecular Hbond substituents is 1. The number of carboxylic acid groups (broad SMARTS) is 1. The maximum Gasteiger partial charge on any atom is 0.335 e. The van der Waals surface area contributed by atoms with E-state index in [9.17, 15) is 4.79 Å². The molecule has 14 heavy (non-hydrogen) atoms. The van der Waals surface area contributed by atoms with Gasteiger partial charge < -0.3 is 10.2 Å². The lowest BCUT2D eigenvalue weighted by Crippen LogP contribution is -1.93. The molecule has 1 aromatic rings. The molecule has 0 saturated heterocycles. The van der Waals surface area contributed by atoms with Crippen molar-refractivity contribution in [2.45, 2.75) is 0 Å². The van der Waals surface area contributed by atoms with Crippen LogP contribution in [0.1, 0.15) is 10.4 Å². The summed E-state index contributed by atoms with van der Waals surface area (Å²) in [6.07, 6.45) is 0. The van der Waals surface area contributed by atoms with Gasteiger partial charge >= 0.3 is 5.97 Å².